The minimum Gasteiger partial charge on any atom is -0.296 e. The highest BCUT2D eigenvalue weighted by Crippen LogP contribution is 2.17. The van der Waals surface area contributed by atoms with Gasteiger partial charge in [0.05, 0.1) is 0 Å². The number of aromatic nitrogens is 1. The fourth-order valence-corrected chi connectivity index (χ4v) is 1.36. The van der Waals surface area contributed by atoms with E-state index in [0.717, 1.165) is 16.5 Å². The van der Waals surface area contributed by atoms with Crippen LogP contribution in [0.15, 0.2) is 16.6 Å². The Kier molecular flexibility index (Phi) is 2.98. The lowest BCUT2D eigenvalue weighted by Gasteiger charge is -2.04. The molecule has 0 aromatic carbocycles. The van der Waals surface area contributed by atoms with Crippen molar-refractivity contribution in [3.8, 4) is 0 Å². The summed E-state index contributed by atoms with van der Waals surface area (Å²) in [5, 5.41) is 0. The number of rotatable bonds is 2. The van der Waals surface area contributed by atoms with E-state index in [4.69, 9.17) is 0 Å². The Morgan fingerprint density at radius 2 is 2.17 bits per heavy atom. The maximum atomic E-state index is 10.5. The predicted molar refractivity (Wildman–Crippen MR) is 51.4 cm³/mol. The first-order chi connectivity index (χ1) is 5.63. The molecule has 0 aliphatic rings. The molecule has 0 fully saturated rings. The van der Waals surface area contributed by atoms with Gasteiger partial charge in [-0.1, -0.05) is 29.8 Å². The zero-order chi connectivity index (χ0) is 9.14. The monoisotopic (exact) mass is 227 g/mol. The number of hydrogen-bond acceptors (Lipinski definition) is 2. The second-order valence-corrected chi connectivity index (χ2v) is 3.82. The summed E-state index contributed by atoms with van der Waals surface area (Å²) in [5.74, 6) is 0.348. The van der Waals surface area contributed by atoms with Crippen LogP contribution in [-0.4, -0.2) is 11.3 Å². The molecule has 0 radical (unpaired) electrons. The van der Waals surface area contributed by atoms with E-state index < -0.39 is 0 Å². The van der Waals surface area contributed by atoms with E-state index in [-0.39, 0.29) is 0 Å². The van der Waals surface area contributed by atoms with E-state index >= 15 is 0 Å². The van der Waals surface area contributed by atoms with Gasteiger partial charge in [0.1, 0.15) is 5.69 Å². The van der Waals surface area contributed by atoms with Crippen molar-refractivity contribution in [2.45, 2.75) is 19.8 Å². The first-order valence-corrected chi connectivity index (χ1v) is 4.55. The van der Waals surface area contributed by atoms with E-state index in [0.29, 0.717) is 11.6 Å². The maximum Gasteiger partial charge on any atom is 0.168 e. The molecule has 0 spiro atoms. The van der Waals surface area contributed by atoms with E-state index in [2.05, 4.69) is 20.9 Å². The molecular weight excluding hydrogens is 218 g/mol. The molecule has 0 saturated carbocycles. The third-order valence-corrected chi connectivity index (χ3v) is 2.00. The Bertz CT molecular complexity index is 297. The van der Waals surface area contributed by atoms with Gasteiger partial charge in [-0.3, -0.25) is 4.79 Å². The van der Waals surface area contributed by atoms with E-state index in [1.54, 1.807) is 6.07 Å². The lowest BCUT2D eigenvalue weighted by Crippen LogP contribution is -1.96. The third-order valence-electron chi connectivity index (χ3n) is 1.54. The lowest BCUT2D eigenvalue weighted by atomic mass is 10.1. The van der Waals surface area contributed by atoms with E-state index in [1.807, 2.05) is 19.9 Å². The Morgan fingerprint density at radius 3 is 2.67 bits per heavy atom. The fourth-order valence-electron chi connectivity index (χ4n) is 0.894. The van der Waals surface area contributed by atoms with Crippen LogP contribution >= 0.6 is 15.9 Å². The second-order valence-electron chi connectivity index (χ2n) is 2.91. The minimum atomic E-state index is 0.348. The van der Waals surface area contributed by atoms with Crippen LogP contribution < -0.4 is 0 Å². The molecule has 0 N–H and O–H groups in total. The normalized spacial score (nSPS) is 10.3. The molecule has 0 saturated heterocycles. The van der Waals surface area contributed by atoms with Crippen LogP contribution in [-0.2, 0) is 0 Å². The Balaban J connectivity index is 3.14. The summed E-state index contributed by atoms with van der Waals surface area (Å²) in [6.45, 7) is 4.09. The summed E-state index contributed by atoms with van der Waals surface area (Å²) in [5.41, 5.74) is 1.42. The molecule has 1 aromatic rings. The number of pyridine rings is 1. The summed E-state index contributed by atoms with van der Waals surface area (Å²) >= 11 is 3.32. The minimum absolute atomic E-state index is 0.348. The molecule has 0 aliphatic carbocycles. The largest absolute Gasteiger partial charge is 0.296 e. The Labute approximate surface area is 80.1 Å². The first-order valence-electron chi connectivity index (χ1n) is 3.76. The molecule has 12 heavy (non-hydrogen) atoms. The number of aldehydes is 1. The smallest absolute Gasteiger partial charge is 0.168 e. The van der Waals surface area contributed by atoms with Gasteiger partial charge in [-0.15, -0.1) is 0 Å². The molecule has 0 amide bonds. The van der Waals surface area contributed by atoms with Gasteiger partial charge in [-0.25, -0.2) is 4.98 Å². The Morgan fingerprint density at radius 1 is 1.50 bits per heavy atom. The van der Waals surface area contributed by atoms with Gasteiger partial charge in [0, 0.05) is 10.2 Å². The standard InChI is InChI=1S/C9H10BrNO/c1-6(2)9-4-7(10)3-8(5-12)11-9/h3-6H,1-2H3. The van der Waals surface area contributed by atoms with Crippen LogP contribution in [0.5, 0.6) is 0 Å². The number of carbonyl (C=O) groups is 1. The third kappa shape index (κ3) is 2.14. The van der Waals surface area contributed by atoms with Gasteiger partial charge in [0.25, 0.3) is 0 Å². The highest BCUT2D eigenvalue weighted by molar-refractivity contribution is 9.10. The van der Waals surface area contributed by atoms with Crippen molar-refractivity contribution in [1.29, 1.82) is 0 Å². The fraction of sp³-hybridized carbons (Fsp3) is 0.333. The molecule has 1 rings (SSSR count). The average Bonchev–Trinajstić information content (AvgIpc) is 2.03. The van der Waals surface area contributed by atoms with E-state index in [1.165, 1.54) is 0 Å². The summed E-state index contributed by atoms with van der Waals surface area (Å²) < 4.78 is 0.906. The highest BCUT2D eigenvalue weighted by Gasteiger charge is 2.03. The van der Waals surface area contributed by atoms with Gasteiger partial charge in [0.15, 0.2) is 6.29 Å². The summed E-state index contributed by atoms with van der Waals surface area (Å²) in [4.78, 5) is 14.6. The first kappa shape index (κ1) is 9.39. The van der Waals surface area contributed by atoms with Crippen LogP contribution in [0.4, 0.5) is 0 Å². The predicted octanol–water partition coefficient (Wildman–Crippen LogP) is 2.78. The van der Waals surface area contributed by atoms with Crippen LogP contribution in [0.3, 0.4) is 0 Å². The zero-order valence-corrected chi connectivity index (χ0v) is 8.63. The number of carbonyl (C=O) groups excluding carboxylic acids is 1. The van der Waals surface area contributed by atoms with Crippen molar-refractivity contribution in [2.75, 3.05) is 0 Å². The lowest BCUT2D eigenvalue weighted by molar-refractivity contribution is 0.111. The number of hydrogen-bond donors (Lipinski definition) is 0. The van der Waals surface area contributed by atoms with Crippen molar-refractivity contribution in [3.63, 3.8) is 0 Å². The molecule has 0 bridgehead atoms. The second kappa shape index (κ2) is 3.81. The molecule has 0 atom stereocenters. The van der Waals surface area contributed by atoms with Gasteiger partial charge in [-0.2, -0.15) is 0 Å². The van der Waals surface area contributed by atoms with Crippen LogP contribution in [0.25, 0.3) is 0 Å². The average molecular weight is 228 g/mol. The molecule has 1 aromatic heterocycles. The Hall–Kier alpha value is -0.700. The van der Waals surface area contributed by atoms with Crippen molar-refractivity contribution >= 4 is 22.2 Å². The molecule has 0 unspecified atom stereocenters. The van der Waals surface area contributed by atoms with Crippen LogP contribution in [0, 0.1) is 0 Å². The van der Waals surface area contributed by atoms with Gasteiger partial charge >= 0.3 is 0 Å². The van der Waals surface area contributed by atoms with Crippen molar-refractivity contribution in [1.82, 2.24) is 4.98 Å². The molecule has 3 heteroatoms. The number of nitrogens with zero attached hydrogens (tertiary/aromatic N) is 1. The van der Waals surface area contributed by atoms with Crippen LogP contribution in [0.1, 0.15) is 35.9 Å². The molecule has 2 nitrogen and oxygen atoms in total. The van der Waals surface area contributed by atoms with Crippen molar-refractivity contribution < 1.29 is 4.79 Å². The zero-order valence-electron chi connectivity index (χ0n) is 7.04. The summed E-state index contributed by atoms with van der Waals surface area (Å²) in [6.07, 6.45) is 0.761. The highest BCUT2D eigenvalue weighted by atomic mass is 79.9. The maximum absolute atomic E-state index is 10.5. The quantitative estimate of drug-likeness (QED) is 0.728. The molecular formula is C9H10BrNO. The van der Waals surface area contributed by atoms with Crippen molar-refractivity contribution in [2.24, 2.45) is 0 Å². The summed E-state index contributed by atoms with van der Waals surface area (Å²) in [6, 6.07) is 3.64. The van der Waals surface area contributed by atoms with E-state index in [9.17, 15) is 4.79 Å². The molecule has 0 aliphatic heterocycles. The number of halogens is 1. The topological polar surface area (TPSA) is 30.0 Å². The van der Waals surface area contributed by atoms with Crippen LogP contribution in [0.2, 0.25) is 0 Å². The van der Waals surface area contributed by atoms with Gasteiger partial charge in [-0.05, 0) is 18.1 Å². The van der Waals surface area contributed by atoms with Gasteiger partial charge in [0.2, 0.25) is 0 Å². The molecule has 1 heterocycles. The van der Waals surface area contributed by atoms with Gasteiger partial charge < -0.3 is 0 Å². The molecule has 64 valence electrons. The SMILES string of the molecule is CC(C)c1cc(Br)cc(C=O)n1. The summed E-state index contributed by atoms with van der Waals surface area (Å²) in [7, 11) is 0. The van der Waals surface area contributed by atoms with Crippen molar-refractivity contribution in [3.05, 3.63) is 28.0 Å².